The molecule has 1 aromatic heterocycles. The SMILES string of the molecule is CC(C)(C)c1ccc(-c2ccc(F)c3ccccc23)s1. The van der Waals surface area contributed by atoms with Crippen LogP contribution < -0.4 is 0 Å². The van der Waals surface area contributed by atoms with Crippen LogP contribution in [0.4, 0.5) is 4.39 Å². The van der Waals surface area contributed by atoms with E-state index in [0.717, 1.165) is 10.9 Å². The first-order chi connectivity index (χ1) is 9.47. The third-order valence-corrected chi connectivity index (χ3v) is 5.03. The zero-order chi connectivity index (χ0) is 14.3. The highest BCUT2D eigenvalue weighted by Crippen LogP contribution is 2.38. The molecule has 0 radical (unpaired) electrons. The predicted octanol–water partition coefficient (Wildman–Crippen LogP) is 6.00. The van der Waals surface area contributed by atoms with Gasteiger partial charge in [-0.3, -0.25) is 0 Å². The molecule has 0 spiro atoms. The monoisotopic (exact) mass is 284 g/mol. The van der Waals surface area contributed by atoms with Gasteiger partial charge in [0, 0.05) is 15.1 Å². The molecule has 0 N–H and O–H groups in total. The van der Waals surface area contributed by atoms with Crippen molar-refractivity contribution < 1.29 is 4.39 Å². The zero-order valence-corrected chi connectivity index (χ0v) is 12.7. The highest BCUT2D eigenvalue weighted by molar-refractivity contribution is 7.15. The lowest BCUT2D eigenvalue weighted by atomic mass is 9.95. The molecule has 0 fully saturated rings. The van der Waals surface area contributed by atoms with E-state index in [-0.39, 0.29) is 11.2 Å². The van der Waals surface area contributed by atoms with E-state index in [1.54, 1.807) is 17.4 Å². The molecule has 0 saturated heterocycles. The Kier molecular flexibility index (Phi) is 3.14. The average molecular weight is 284 g/mol. The summed E-state index contributed by atoms with van der Waals surface area (Å²) in [5.41, 5.74) is 1.26. The van der Waals surface area contributed by atoms with Crippen LogP contribution in [-0.2, 0) is 5.41 Å². The molecule has 0 saturated carbocycles. The summed E-state index contributed by atoms with van der Waals surface area (Å²) in [6, 6.07) is 15.4. The Morgan fingerprint density at radius 2 is 1.55 bits per heavy atom. The number of rotatable bonds is 1. The highest BCUT2D eigenvalue weighted by Gasteiger charge is 2.17. The van der Waals surface area contributed by atoms with Gasteiger partial charge in [0.25, 0.3) is 0 Å². The van der Waals surface area contributed by atoms with Crippen molar-refractivity contribution in [3.05, 3.63) is 59.2 Å². The van der Waals surface area contributed by atoms with Crippen LogP contribution in [0.1, 0.15) is 25.6 Å². The Morgan fingerprint density at radius 3 is 2.20 bits per heavy atom. The highest BCUT2D eigenvalue weighted by atomic mass is 32.1. The van der Waals surface area contributed by atoms with Gasteiger partial charge in [-0.2, -0.15) is 0 Å². The van der Waals surface area contributed by atoms with E-state index >= 15 is 0 Å². The van der Waals surface area contributed by atoms with Gasteiger partial charge >= 0.3 is 0 Å². The van der Waals surface area contributed by atoms with Gasteiger partial charge in [-0.05, 0) is 34.6 Å². The number of fused-ring (bicyclic) bond motifs is 1. The summed E-state index contributed by atoms with van der Waals surface area (Å²) in [5, 5.41) is 1.67. The molecule has 0 unspecified atom stereocenters. The fourth-order valence-corrected chi connectivity index (χ4v) is 3.47. The fourth-order valence-electron chi connectivity index (χ4n) is 2.36. The Labute approximate surface area is 122 Å². The van der Waals surface area contributed by atoms with E-state index in [1.807, 2.05) is 30.3 Å². The van der Waals surface area contributed by atoms with Gasteiger partial charge in [-0.15, -0.1) is 11.3 Å². The molecule has 0 aliphatic carbocycles. The molecule has 2 aromatic carbocycles. The fraction of sp³-hybridized carbons (Fsp3) is 0.222. The van der Waals surface area contributed by atoms with Crippen LogP contribution in [0.3, 0.4) is 0 Å². The summed E-state index contributed by atoms with van der Waals surface area (Å²) < 4.78 is 13.9. The molecule has 0 nitrogen and oxygen atoms in total. The van der Waals surface area contributed by atoms with Crippen molar-refractivity contribution in [1.82, 2.24) is 0 Å². The summed E-state index contributed by atoms with van der Waals surface area (Å²) in [7, 11) is 0. The van der Waals surface area contributed by atoms with Crippen molar-refractivity contribution in [1.29, 1.82) is 0 Å². The minimum atomic E-state index is -0.156. The minimum Gasteiger partial charge on any atom is -0.206 e. The first kappa shape index (κ1) is 13.3. The van der Waals surface area contributed by atoms with E-state index in [9.17, 15) is 4.39 Å². The van der Waals surface area contributed by atoms with Gasteiger partial charge in [0.2, 0.25) is 0 Å². The first-order valence-corrected chi connectivity index (χ1v) is 7.56. The predicted molar refractivity (Wildman–Crippen MR) is 85.9 cm³/mol. The minimum absolute atomic E-state index is 0.152. The van der Waals surface area contributed by atoms with Gasteiger partial charge in [0.05, 0.1) is 0 Å². The third-order valence-electron chi connectivity index (χ3n) is 3.48. The largest absolute Gasteiger partial charge is 0.206 e. The zero-order valence-electron chi connectivity index (χ0n) is 11.9. The Morgan fingerprint density at radius 1 is 0.850 bits per heavy atom. The summed E-state index contributed by atoms with van der Waals surface area (Å²) >= 11 is 1.79. The van der Waals surface area contributed by atoms with Gasteiger partial charge in [0.1, 0.15) is 5.82 Å². The summed E-state index contributed by atoms with van der Waals surface area (Å²) in [6.07, 6.45) is 0. The van der Waals surface area contributed by atoms with Gasteiger partial charge in [-0.1, -0.05) is 51.1 Å². The van der Waals surface area contributed by atoms with Crippen LogP contribution in [0.5, 0.6) is 0 Å². The Bertz CT molecular complexity index is 762. The molecule has 0 amide bonds. The molecule has 0 bridgehead atoms. The maximum absolute atomic E-state index is 13.9. The van der Waals surface area contributed by atoms with Gasteiger partial charge < -0.3 is 0 Å². The quantitative estimate of drug-likeness (QED) is 0.513. The number of hydrogen-bond acceptors (Lipinski definition) is 1. The first-order valence-electron chi connectivity index (χ1n) is 6.75. The molecule has 102 valence electrons. The van der Waals surface area contributed by atoms with E-state index in [2.05, 4.69) is 32.9 Å². The normalized spacial score (nSPS) is 12.0. The summed E-state index contributed by atoms with van der Waals surface area (Å²) in [5.74, 6) is -0.156. The van der Waals surface area contributed by atoms with Crippen LogP contribution in [0.25, 0.3) is 21.2 Å². The second-order valence-corrected chi connectivity index (χ2v) is 7.14. The molecule has 2 heteroatoms. The van der Waals surface area contributed by atoms with E-state index < -0.39 is 0 Å². The maximum atomic E-state index is 13.9. The molecular weight excluding hydrogens is 267 g/mol. The topological polar surface area (TPSA) is 0 Å². The van der Waals surface area contributed by atoms with Crippen LogP contribution in [0.15, 0.2) is 48.5 Å². The van der Waals surface area contributed by atoms with Crippen LogP contribution in [0, 0.1) is 5.82 Å². The number of benzene rings is 2. The third kappa shape index (κ3) is 2.25. The van der Waals surface area contributed by atoms with Crippen molar-refractivity contribution >= 4 is 22.1 Å². The van der Waals surface area contributed by atoms with Crippen molar-refractivity contribution in [2.75, 3.05) is 0 Å². The van der Waals surface area contributed by atoms with Crippen LogP contribution in [0.2, 0.25) is 0 Å². The molecular formula is C18H17FS. The van der Waals surface area contributed by atoms with Crippen LogP contribution in [-0.4, -0.2) is 0 Å². The van der Waals surface area contributed by atoms with Crippen molar-refractivity contribution in [3.63, 3.8) is 0 Å². The standard InChI is InChI=1S/C18H17FS/c1-18(2,3)17-11-10-16(20-17)14-8-9-15(19)13-7-5-4-6-12(13)14/h4-11H,1-3H3. The molecule has 3 rings (SSSR count). The average Bonchev–Trinajstić information content (AvgIpc) is 2.89. The Hall–Kier alpha value is -1.67. The van der Waals surface area contributed by atoms with Gasteiger partial charge in [0.15, 0.2) is 0 Å². The lowest BCUT2D eigenvalue weighted by Crippen LogP contribution is -2.07. The molecule has 1 heterocycles. The molecule has 0 aliphatic heterocycles. The summed E-state index contributed by atoms with van der Waals surface area (Å²) in [6.45, 7) is 6.64. The molecule has 0 atom stereocenters. The Balaban J connectivity index is 2.20. The maximum Gasteiger partial charge on any atom is 0.131 e. The number of hydrogen-bond donors (Lipinski definition) is 0. The van der Waals surface area contributed by atoms with E-state index in [1.165, 1.54) is 9.75 Å². The second-order valence-electron chi connectivity index (χ2n) is 6.05. The van der Waals surface area contributed by atoms with Crippen molar-refractivity contribution in [2.24, 2.45) is 0 Å². The van der Waals surface area contributed by atoms with Gasteiger partial charge in [-0.25, -0.2) is 4.39 Å². The molecule has 0 aliphatic rings. The molecule has 20 heavy (non-hydrogen) atoms. The smallest absolute Gasteiger partial charge is 0.131 e. The van der Waals surface area contributed by atoms with Crippen LogP contribution >= 0.6 is 11.3 Å². The number of halogens is 1. The second kappa shape index (κ2) is 4.71. The van der Waals surface area contributed by atoms with E-state index in [4.69, 9.17) is 0 Å². The lowest BCUT2D eigenvalue weighted by Gasteiger charge is -2.15. The van der Waals surface area contributed by atoms with Crippen molar-refractivity contribution in [2.45, 2.75) is 26.2 Å². The van der Waals surface area contributed by atoms with Crippen molar-refractivity contribution in [3.8, 4) is 10.4 Å². The van der Waals surface area contributed by atoms with E-state index in [0.29, 0.717) is 5.39 Å². The lowest BCUT2D eigenvalue weighted by molar-refractivity contribution is 0.604. The molecule has 3 aromatic rings. The number of thiophene rings is 1. The summed E-state index contributed by atoms with van der Waals surface area (Å²) in [4.78, 5) is 2.55.